The van der Waals surface area contributed by atoms with E-state index in [4.69, 9.17) is 0 Å². The summed E-state index contributed by atoms with van der Waals surface area (Å²) in [5.41, 5.74) is 3.90. The highest BCUT2D eigenvalue weighted by Crippen LogP contribution is 2.23. The van der Waals surface area contributed by atoms with Gasteiger partial charge in [0.25, 0.3) is 0 Å². The van der Waals surface area contributed by atoms with Crippen LogP contribution >= 0.6 is 11.8 Å². The number of nitrogens with one attached hydrogen (secondary N) is 1. The Morgan fingerprint density at radius 2 is 1.95 bits per heavy atom. The van der Waals surface area contributed by atoms with Crippen molar-refractivity contribution in [2.75, 3.05) is 5.32 Å². The second kappa shape index (κ2) is 7.45. The van der Waals surface area contributed by atoms with Gasteiger partial charge in [0.2, 0.25) is 5.91 Å². The highest BCUT2D eigenvalue weighted by Gasteiger charge is 2.15. The van der Waals surface area contributed by atoms with Gasteiger partial charge >= 0.3 is 0 Å². The fourth-order valence-corrected chi connectivity index (χ4v) is 2.99. The number of benzene rings is 2. The molecule has 0 saturated carbocycles. The third kappa shape index (κ3) is 4.34. The summed E-state index contributed by atoms with van der Waals surface area (Å²) >= 11 is 1.55. The van der Waals surface area contributed by atoms with E-state index in [2.05, 4.69) is 37.4 Å². The van der Waals surface area contributed by atoms with E-state index < -0.39 is 5.82 Å². The molecule has 0 saturated heterocycles. The van der Waals surface area contributed by atoms with Crippen molar-refractivity contribution in [2.45, 2.75) is 31.8 Å². The molecule has 0 bridgehead atoms. The summed E-state index contributed by atoms with van der Waals surface area (Å²) in [6.45, 7) is 5.97. The zero-order valence-corrected chi connectivity index (χ0v) is 13.8. The maximum absolute atomic E-state index is 13.5. The Labute approximate surface area is 135 Å². The SMILES string of the molecule is Cc1ccc(C)c(CSC(C)C(=O)Nc2ccccc2F)c1. The largest absolute Gasteiger partial charge is 0.323 e. The van der Waals surface area contributed by atoms with Crippen LogP contribution < -0.4 is 5.32 Å². The van der Waals surface area contributed by atoms with E-state index in [0.717, 1.165) is 5.75 Å². The number of thioether (sulfide) groups is 1. The average molecular weight is 317 g/mol. The van der Waals surface area contributed by atoms with Crippen LogP contribution in [-0.2, 0) is 10.5 Å². The quantitative estimate of drug-likeness (QED) is 0.866. The Hall–Kier alpha value is -1.81. The highest BCUT2D eigenvalue weighted by molar-refractivity contribution is 7.99. The molecule has 0 aromatic heterocycles. The smallest absolute Gasteiger partial charge is 0.237 e. The maximum Gasteiger partial charge on any atom is 0.237 e. The molecule has 0 radical (unpaired) electrons. The summed E-state index contributed by atoms with van der Waals surface area (Å²) in [6.07, 6.45) is 0. The van der Waals surface area contributed by atoms with E-state index in [1.54, 1.807) is 30.0 Å². The molecular weight excluding hydrogens is 297 g/mol. The number of halogens is 1. The molecule has 1 N–H and O–H groups in total. The van der Waals surface area contributed by atoms with Gasteiger partial charge in [0.05, 0.1) is 10.9 Å². The molecule has 2 rings (SSSR count). The topological polar surface area (TPSA) is 29.1 Å². The van der Waals surface area contributed by atoms with E-state index in [-0.39, 0.29) is 16.8 Å². The first kappa shape index (κ1) is 16.6. The van der Waals surface area contributed by atoms with Crippen LogP contribution in [0.2, 0.25) is 0 Å². The zero-order chi connectivity index (χ0) is 16.1. The molecule has 0 aliphatic carbocycles. The number of aryl methyl sites for hydroxylation is 2. The van der Waals surface area contributed by atoms with Crippen LogP contribution in [-0.4, -0.2) is 11.2 Å². The average Bonchev–Trinajstić information content (AvgIpc) is 2.50. The van der Waals surface area contributed by atoms with E-state index in [0.29, 0.717) is 0 Å². The highest BCUT2D eigenvalue weighted by atomic mass is 32.2. The normalized spacial score (nSPS) is 12.0. The van der Waals surface area contributed by atoms with Crippen LogP contribution in [0.4, 0.5) is 10.1 Å². The van der Waals surface area contributed by atoms with Gasteiger partial charge in [-0.2, -0.15) is 0 Å². The van der Waals surface area contributed by atoms with Crippen molar-refractivity contribution in [1.82, 2.24) is 0 Å². The Morgan fingerprint density at radius 1 is 1.23 bits per heavy atom. The summed E-state index contributed by atoms with van der Waals surface area (Å²) < 4.78 is 13.5. The first-order chi connectivity index (χ1) is 10.5. The Morgan fingerprint density at radius 3 is 2.68 bits per heavy atom. The number of anilines is 1. The number of hydrogen-bond donors (Lipinski definition) is 1. The maximum atomic E-state index is 13.5. The van der Waals surface area contributed by atoms with Gasteiger partial charge in [-0.1, -0.05) is 35.9 Å². The third-order valence-corrected chi connectivity index (χ3v) is 4.69. The predicted octanol–water partition coefficient (Wildman–Crippen LogP) is 4.70. The van der Waals surface area contributed by atoms with Crippen molar-refractivity contribution in [3.05, 3.63) is 65.0 Å². The molecule has 1 atom stereocenters. The Bertz CT molecular complexity index is 672. The van der Waals surface area contributed by atoms with E-state index in [9.17, 15) is 9.18 Å². The molecule has 4 heteroatoms. The predicted molar refractivity (Wildman–Crippen MR) is 91.7 cm³/mol. The van der Waals surface area contributed by atoms with Gasteiger partial charge in [0, 0.05) is 5.75 Å². The Kier molecular flexibility index (Phi) is 5.61. The molecule has 0 spiro atoms. The minimum atomic E-state index is -0.414. The van der Waals surface area contributed by atoms with Gasteiger partial charge < -0.3 is 5.32 Å². The van der Waals surface area contributed by atoms with Gasteiger partial charge in [-0.25, -0.2) is 4.39 Å². The lowest BCUT2D eigenvalue weighted by Gasteiger charge is -2.13. The van der Waals surface area contributed by atoms with Crippen molar-refractivity contribution in [2.24, 2.45) is 0 Å². The fourth-order valence-electron chi connectivity index (χ4n) is 2.04. The third-order valence-electron chi connectivity index (χ3n) is 3.49. The van der Waals surface area contributed by atoms with Crippen molar-refractivity contribution in [3.8, 4) is 0 Å². The standard InChI is InChI=1S/C18H20FNOS/c1-12-8-9-13(2)15(10-12)11-22-14(3)18(21)20-17-7-5-4-6-16(17)19/h4-10,14H,11H2,1-3H3,(H,20,21). The van der Waals surface area contributed by atoms with Crippen LogP contribution in [0, 0.1) is 19.7 Å². The molecule has 116 valence electrons. The van der Waals surface area contributed by atoms with Crippen molar-refractivity contribution in [3.63, 3.8) is 0 Å². The van der Waals surface area contributed by atoms with E-state index in [1.807, 2.05) is 6.92 Å². The second-order valence-corrected chi connectivity index (χ2v) is 6.68. The summed E-state index contributed by atoms with van der Waals surface area (Å²) in [5.74, 6) is 0.169. The number of carbonyl (C=O) groups excluding carboxylic acids is 1. The fraction of sp³-hybridized carbons (Fsp3) is 0.278. The summed E-state index contributed by atoms with van der Waals surface area (Å²) in [4.78, 5) is 12.1. The van der Waals surface area contributed by atoms with Crippen LogP contribution in [0.25, 0.3) is 0 Å². The van der Waals surface area contributed by atoms with Gasteiger partial charge in [0.1, 0.15) is 5.82 Å². The van der Waals surface area contributed by atoms with Crippen molar-refractivity contribution >= 4 is 23.4 Å². The number of carbonyl (C=O) groups is 1. The second-order valence-electron chi connectivity index (χ2n) is 5.35. The van der Waals surface area contributed by atoms with Crippen LogP contribution in [0.1, 0.15) is 23.6 Å². The minimum Gasteiger partial charge on any atom is -0.323 e. The van der Waals surface area contributed by atoms with Gasteiger partial charge in [-0.3, -0.25) is 4.79 Å². The molecule has 0 aliphatic rings. The molecule has 1 unspecified atom stereocenters. The zero-order valence-electron chi connectivity index (χ0n) is 13.0. The first-order valence-electron chi connectivity index (χ1n) is 7.20. The lowest BCUT2D eigenvalue weighted by Crippen LogP contribution is -2.23. The first-order valence-corrected chi connectivity index (χ1v) is 8.25. The molecule has 0 fully saturated rings. The van der Waals surface area contributed by atoms with Gasteiger partial charge in [-0.05, 0) is 44.0 Å². The van der Waals surface area contributed by atoms with Gasteiger partial charge in [0.15, 0.2) is 0 Å². The molecule has 2 aromatic carbocycles. The molecule has 1 amide bonds. The summed E-state index contributed by atoms with van der Waals surface area (Å²) in [6, 6.07) is 12.5. The summed E-state index contributed by atoms with van der Waals surface area (Å²) in [5, 5.41) is 2.39. The number of amides is 1. The Balaban J connectivity index is 1.94. The molecular formula is C18H20FNOS. The molecule has 2 aromatic rings. The molecule has 2 nitrogen and oxygen atoms in total. The number of para-hydroxylation sites is 1. The van der Waals surface area contributed by atoms with Crippen LogP contribution in [0.3, 0.4) is 0 Å². The number of hydrogen-bond acceptors (Lipinski definition) is 2. The van der Waals surface area contributed by atoms with Gasteiger partial charge in [-0.15, -0.1) is 11.8 Å². The number of rotatable bonds is 5. The van der Waals surface area contributed by atoms with Crippen molar-refractivity contribution in [1.29, 1.82) is 0 Å². The molecule has 0 heterocycles. The summed E-state index contributed by atoms with van der Waals surface area (Å²) in [7, 11) is 0. The lowest BCUT2D eigenvalue weighted by atomic mass is 10.1. The minimum absolute atomic E-state index is 0.180. The van der Waals surface area contributed by atoms with Crippen molar-refractivity contribution < 1.29 is 9.18 Å². The van der Waals surface area contributed by atoms with Crippen LogP contribution in [0.5, 0.6) is 0 Å². The van der Waals surface area contributed by atoms with Crippen LogP contribution in [0.15, 0.2) is 42.5 Å². The molecule has 22 heavy (non-hydrogen) atoms. The van der Waals surface area contributed by atoms with E-state index >= 15 is 0 Å². The molecule has 0 aliphatic heterocycles. The monoisotopic (exact) mass is 317 g/mol. The lowest BCUT2D eigenvalue weighted by molar-refractivity contribution is -0.115. The van der Waals surface area contributed by atoms with E-state index in [1.165, 1.54) is 22.8 Å².